The Kier molecular flexibility index (Phi) is 5.47. The van der Waals surface area contributed by atoms with E-state index >= 15 is 0 Å². The third-order valence-corrected chi connectivity index (χ3v) is 2.91. The molecule has 0 N–H and O–H groups in total. The first-order valence-electron chi connectivity index (χ1n) is 7.05. The Morgan fingerprint density at radius 2 is 1.50 bits per heavy atom. The number of ketones is 1. The standard InChI is InChI=1S/C17H22O5/c1-12(18)17(21-13(2)19,15(20)22-16(3,4)5)11-14-9-7-6-8-10-14/h6-10H,11H2,1-5H3. The topological polar surface area (TPSA) is 69.7 Å². The van der Waals surface area contributed by atoms with Crippen LogP contribution in [0.1, 0.15) is 40.2 Å². The Hall–Kier alpha value is -2.17. The van der Waals surface area contributed by atoms with Crippen LogP contribution in [0.4, 0.5) is 0 Å². The third-order valence-electron chi connectivity index (χ3n) is 2.91. The molecular formula is C17H22O5. The Morgan fingerprint density at radius 3 is 1.91 bits per heavy atom. The fourth-order valence-corrected chi connectivity index (χ4v) is 1.98. The Bertz CT molecular complexity index is 556. The van der Waals surface area contributed by atoms with Crippen molar-refractivity contribution in [2.75, 3.05) is 0 Å². The number of carbonyl (C=O) groups excluding carboxylic acids is 3. The maximum Gasteiger partial charge on any atom is 0.359 e. The summed E-state index contributed by atoms with van der Waals surface area (Å²) in [6, 6.07) is 8.89. The van der Waals surface area contributed by atoms with Crippen LogP contribution in [0.3, 0.4) is 0 Å². The molecule has 0 saturated carbocycles. The summed E-state index contributed by atoms with van der Waals surface area (Å²) in [6.45, 7) is 7.44. The van der Waals surface area contributed by atoms with Crippen molar-refractivity contribution in [1.82, 2.24) is 0 Å². The van der Waals surface area contributed by atoms with E-state index in [1.807, 2.05) is 6.07 Å². The molecule has 1 unspecified atom stereocenters. The van der Waals surface area contributed by atoms with Gasteiger partial charge in [0.05, 0.1) is 0 Å². The van der Waals surface area contributed by atoms with Gasteiger partial charge in [-0.15, -0.1) is 0 Å². The van der Waals surface area contributed by atoms with E-state index in [0.29, 0.717) is 5.56 Å². The molecule has 5 nitrogen and oxygen atoms in total. The van der Waals surface area contributed by atoms with Crippen LogP contribution in [0.15, 0.2) is 30.3 Å². The van der Waals surface area contributed by atoms with Crippen LogP contribution >= 0.6 is 0 Å². The molecule has 0 heterocycles. The quantitative estimate of drug-likeness (QED) is 0.617. The van der Waals surface area contributed by atoms with Crippen molar-refractivity contribution >= 4 is 17.7 Å². The number of rotatable bonds is 5. The lowest BCUT2D eigenvalue weighted by Gasteiger charge is -2.32. The predicted octanol–water partition coefficient (Wildman–Crippen LogP) is 2.46. The highest BCUT2D eigenvalue weighted by Crippen LogP contribution is 2.25. The number of esters is 2. The molecule has 1 atom stereocenters. The second kappa shape index (κ2) is 6.73. The number of hydrogen-bond acceptors (Lipinski definition) is 5. The van der Waals surface area contributed by atoms with Crippen LogP contribution in [0.25, 0.3) is 0 Å². The zero-order valence-electron chi connectivity index (χ0n) is 13.6. The van der Waals surface area contributed by atoms with Crippen molar-refractivity contribution in [3.63, 3.8) is 0 Å². The zero-order chi connectivity index (χ0) is 17.0. The van der Waals surface area contributed by atoms with E-state index in [1.54, 1.807) is 45.0 Å². The SMILES string of the molecule is CC(=O)OC(Cc1ccccc1)(C(C)=O)C(=O)OC(C)(C)C. The van der Waals surface area contributed by atoms with Crippen LogP contribution in [0.2, 0.25) is 0 Å². The van der Waals surface area contributed by atoms with Crippen molar-refractivity contribution < 1.29 is 23.9 Å². The highest BCUT2D eigenvalue weighted by atomic mass is 16.6. The summed E-state index contributed by atoms with van der Waals surface area (Å²) in [4.78, 5) is 36.1. The third kappa shape index (κ3) is 4.69. The first-order valence-corrected chi connectivity index (χ1v) is 7.05. The maximum atomic E-state index is 12.5. The van der Waals surface area contributed by atoms with Gasteiger partial charge >= 0.3 is 11.9 Å². The van der Waals surface area contributed by atoms with E-state index in [-0.39, 0.29) is 6.42 Å². The van der Waals surface area contributed by atoms with Gasteiger partial charge in [-0.2, -0.15) is 0 Å². The highest BCUT2D eigenvalue weighted by Gasteiger charge is 2.49. The summed E-state index contributed by atoms with van der Waals surface area (Å²) in [5, 5.41) is 0. The van der Waals surface area contributed by atoms with Crippen LogP contribution in [0.5, 0.6) is 0 Å². The first kappa shape index (κ1) is 17.9. The predicted molar refractivity (Wildman–Crippen MR) is 81.2 cm³/mol. The molecule has 22 heavy (non-hydrogen) atoms. The van der Waals surface area contributed by atoms with Gasteiger partial charge in [0.1, 0.15) is 5.60 Å². The van der Waals surface area contributed by atoms with Gasteiger partial charge in [-0.25, -0.2) is 4.79 Å². The number of Topliss-reactive ketones (excluding diaryl/α,β-unsaturated/α-hetero) is 1. The fourth-order valence-electron chi connectivity index (χ4n) is 1.98. The van der Waals surface area contributed by atoms with Crippen LogP contribution in [0, 0.1) is 0 Å². The van der Waals surface area contributed by atoms with Crippen LogP contribution < -0.4 is 0 Å². The zero-order valence-corrected chi connectivity index (χ0v) is 13.6. The molecule has 0 aliphatic rings. The summed E-state index contributed by atoms with van der Waals surface area (Å²) in [5.41, 5.74) is -2.06. The molecule has 1 rings (SSSR count). The molecule has 0 radical (unpaired) electrons. The lowest BCUT2D eigenvalue weighted by Crippen LogP contribution is -2.53. The van der Waals surface area contributed by atoms with Crippen LogP contribution in [-0.4, -0.2) is 28.9 Å². The van der Waals surface area contributed by atoms with Crippen LogP contribution in [-0.2, 0) is 30.3 Å². The van der Waals surface area contributed by atoms with Gasteiger partial charge in [-0.1, -0.05) is 30.3 Å². The first-order chi connectivity index (χ1) is 10.1. The molecule has 1 aromatic rings. The van der Waals surface area contributed by atoms with Gasteiger partial charge < -0.3 is 9.47 Å². The summed E-state index contributed by atoms with van der Waals surface area (Å²) in [6.07, 6.45) is -0.0579. The van der Waals surface area contributed by atoms with E-state index in [0.717, 1.165) is 6.92 Å². The minimum Gasteiger partial charge on any atom is -0.457 e. The average molecular weight is 306 g/mol. The molecule has 0 aromatic heterocycles. The Balaban J connectivity index is 3.25. The monoisotopic (exact) mass is 306 g/mol. The molecule has 120 valence electrons. The molecular weight excluding hydrogens is 284 g/mol. The molecule has 0 bridgehead atoms. The Morgan fingerprint density at radius 1 is 0.955 bits per heavy atom. The number of benzene rings is 1. The lowest BCUT2D eigenvalue weighted by molar-refractivity contribution is -0.191. The van der Waals surface area contributed by atoms with E-state index in [1.165, 1.54) is 6.92 Å². The number of ether oxygens (including phenoxy) is 2. The molecule has 0 aliphatic carbocycles. The fraction of sp³-hybridized carbons (Fsp3) is 0.471. The largest absolute Gasteiger partial charge is 0.457 e. The van der Waals surface area contributed by atoms with Gasteiger partial charge in [0.25, 0.3) is 5.60 Å². The highest BCUT2D eigenvalue weighted by molar-refractivity contribution is 6.08. The summed E-state index contributed by atoms with van der Waals surface area (Å²) < 4.78 is 10.4. The van der Waals surface area contributed by atoms with Gasteiger partial charge in [0.15, 0.2) is 5.78 Å². The van der Waals surface area contributed by atoms with Crippen molar-refractivity contribution in [2.24, 2.45) is 0 Å². The minimum atomic E-state index is -1.96. The number of carbonyl (C=O) groups is 3. The van der Waals surface area contributed by atoms with Crippen molar-refractivity contribution in [2.45, 2.75) is 52.2 Å². The van der Waals surface area contributed by atoms with Gasteiger partial charge in [0.2, 0.25) is 0 Å². The summed E-state index contributed by atoms with van der Waals surface area (Å²) in [5.74, 6) is -2.13. The molecule has 5 heteroatoms. The average Bonchev–Trinajstić information content (AvgIpc) is 2.36. The van der Waals surface area contributed by atoms with E-state index in [4.69, 9.17) is 9.47 Å². The number of hydrogen-bond donors (Lipinski definition) is 0. The molecule has 0 amide bonds. The Labute approximate surface area is 130 Å². The van der Waals surface area contributed by atoms with Crippen molar-refractivity contribution in [3.05, 3.63) is 35.9 Å². The van der Waals surface area contributed by atoms with E-state index in [2.05, 4.69) is 0 Å². The van der Waals surface area contributed by atoms with Gasteiger partial charge in [-0.3, -0.25) is 9.59 Å². The molecule has 0 spiro atoms. The van der Waals surface area contributed by atoms with E-state index in [9.17, 15) is 14.4 Å². The minimum absolute atomic E-state index is 0.0579. The second-order valence-corrected chi connectivity index (χ2v) is 6.14. The molecule has 1 aromatic carbocycles. The normalized spacial score (nSPS) is 13.9. The molecule has 0 saturated heterocycles. The summed E-state index contributed by atoms with van der Waals surface area (Å²) in [7, 11) is 0. The molecule has 0 fully saturated rings. The second-order valence-electron chi connectivity index (χ2n) is 6.14. The lowest BCUT2D eigenvalue weighted by atomic mass is 9.90. The van der Waals surface area contributed by atoms with Crippen molar-refractivity contribution in [3.8, 4) is 0 Å². The van der Waals surface area contributed by atoms with Gasteiger partial charge in [0, 0.05) is 13.3 Å². The smallest absolute Gasteiger partial charge is 0.359 e. The maximum absolute atomic E-state index is 12.5. The summed E-state index contributed by atoms with van der Waals surface area (Å²) >= 11 is 0. The van der Waals surface area contributed by atoms with Gasteiger partial charge in [-0.05, 0) is 33.3 Å². The molecule has 0 aliphatic heterocycles. The van der Waals surface area contributed by atoms with Crippen molar-refractivity contribution in [1.29, 1.82) is 0 Å². The van der Waals surface area contributed by atoms with E-state index < -0.39 is 28.9 Å².